The Balaban J connectivity index is 2.76. The fraction of sp³-hybridized carbons (Fsp3) is 0.500. The first-order chi connectivity index (χ1) is 7.69. The number of pyridine rings is 1. The highest BCUT2D eigenvalue weighted by molar-refractivity contribution is 9.09. The van der Waals surface area contributed by atoms with E-state index < -0.39 is 0 Å². The number of hydrogen-bond acceptors (Lipinski definition) is 3. The van der Waals surface area contributed by atoms with Gasteiger partial charge >= 0.3 is 0 Å². The van der Waals surface area contributed by atoms with Gasteiger partial charge in [0, 0.05) is 11.8 Å². The lowest BCUT2D eigenvalue weighted by Crippen LogP contribution is -2.06. The van der Waals surface area contributed by atoms with Crippen molar-refractivity contribution >= 4 is 27.5 Å². The number of rotatable bonds is 6. The normalized spacial score (nSPS) is 10.4. The van der Waals surface area contributed by atoms with Gasteiger partial charge in [-0.25, -0.2) is 4.98 Å². The first-order valence-corrected chi connectivity index (χ1v) is 6.65. The Bertz CT molecular complexity index is 366. The SMILES string of the molecule is CCCCC(=O)c1ccc(CCBr)c(N)n1. The lowest BCUT2D eigenvalue weighted by molar-refractivity contribution is 0.0975. The molecule has 0 aliphatic carbocycles. The summed E-state index contributed by atoms with van der Waals surface area (Å²) in [6.07, 6.45) is 3.31. The van der Waals surface area contributed by atoms with Crippen LogP contribution in [-0.4, -0.2) is 16.1 Å². The van der Waals surface area contributed by atoms with E-state index in [1.807, 2.05) is 6.07 Å². The number of nitrogens with two attached hydrogens (primary N) is 1. The summed E-state index contributed by atoms with van der Waals surface area (Å²) in [6.45, 7) is 2.06. The molecule has 1 aromatic heterocycles. The summed E-state index contributed by atoms with van der Waals surface area (Å²) in [7, 11) is 0. The van der Waals surface area contributed by atoms with Crippen LogP contribution < -0.4 is 5.73 Å². The smallest absolute Gasteiger partial charge is 0.181 e. The fourth-order valence-corrected chi connectivity index (χ4v) is 1.86. The van der Waals surface area contributed by atoms with Gasteiger partial charge in [-0.2, -0.15) is 0 Å². The number of nitrogens with zero attached hydrogens (tertiary/aromatic N) is 1. The minimum Gasteiger partial charge on any atom is -0.383 e. The predicted molar refractivity (Wildman–Crippen MR) is 70.0 cm³/mol. The van der Waals surface area contributed by atoms with Crippen LogP contribution >= 0.6 is 15.9 Å². The Morgan fingerprint density at radius 3 is 2.81 bits per heavy atom. The highest BCUT2D eigenvalue weighted by Crippen LogP contribution is 2.13. The zero-order chi connectivity index (χ0) is 12.0. The molecule has 3 nitrogen and oxygen atoms in total. The van der Waals surface area contributed by atoms with Crippen molar-refractivity contribution in [3.63, 3.8) is 0 Å². The minimum atomic E-state index is 0.0824. The highest BCUT2D eigenvalue weighted by Gasteiger charge is 2.09. The largest absolute Gasteiger partial charge is 0.383 e. The molecular formula is C12H17BrN2O. The first-order valence-electron chi connectivity index (χ1n) is 5.53. The molecule has 1 aromatic rings. The van der Waals surface area contributed by atoms with Crippen molar-refractivity contribution < 1.29 is 4.79 Å². The molecule has 0 spiro atoms. The van der Waals surface area contributed by atoms with Gasteiger partial charge in [-0.3, -0.25) is 4.79 Å². The predicted octanol–water partition coefficient (Wildman–Crippen LogP) is 2.97. The lowest BCUT2D eigenvalue weighted by Gasteiger charge is -2.05. The fourth-order valence-electron chi connectivity index (χ4n) is 1.44. The van der Waals surface area contributed by atoms with E-state index in [9.17, 15) is 4.79 Å². The molecule has 0 fully saturated rings. The van der Waals surface area contributed by atoms with E-state index in [-0.39, 0.29) is 5.78 Å². The Morgan fingerprint density at radius 2 is 2.25 bits per heavy atom. The molecule has 0 unspecified atom stereocenters. The maximum atomic E-state index is 11.7. The summed E-state index contributed by atoms with van der Waals surface area (Å²) in [4.78, 5) is 15.8. The number of carbonyl (C=O) groups is 1. The number of halogens is 1. The molecule has 0 saturated heterocycles. The number of ketones is 1. The Labute approximate surface area is 105 Å². The molecule has 4 heteroatoms. The van der Waals surface area contributed by atoms with Crippen molar-refractivity contribution in [3.8, 4) is 0 Å². The van der Waals surface area contributed by atoms with Crippen molar-refractivity contribution in [2.24, 2.45) is 0 Å². The molecular weight excluding hydrogens is 268 g/mol. The summed E-state index contributed by atoms with van der Waals surface area (Å²) in [5, 5.41) is 0.849. The molecule has 0 aliphatic heterocycles. The molecule has 88 valence electrons. The third kappa shape index (κ3) is 3.59. The van der Waals surface area contributed by atoms with Crippen LogP contribution in [0.2, 0.25) is 0 Å². The van der Waals surface area contributed by atoms with Crippen molar-refractivity contribution in [2.75, 3.05) is 11.1 Å². The maximum absolute atomic E-state index is 11.7. The third-order valence-electron chi connectivity index (χ3n) is 2.42. The number of carbonyl (C=O) groups excluding carboxylic acids is 1. The standard InChI is InChI=1S/C12H17BrN2O/c1-2-3-4-11(16)10-6-5-9(7-8-13)12(14)15-10/h5-6H,2-4,7-8H2,1H3,(H2,14,15). The van der Waals surface area contributed by atoms with Crippen LogP contribution in [0.1, 0.15) is 42.2 Å². The molecule has 0 aromatic carbocycles. The highest BCUT2D eigenvalue weighted by atomic mass is 79.9. The number of Topliss-reactive ketones (excluding diaryl/α,β-unsaturated/α-hetero) is 1. The van der Waals surface area contributed by atoms with Crippen LogP contribution in [0.3, 0.4) is 0 Å². The zero-order valence-corrected chi connectivity index (χ0v) is 11.1. The summed E-state index contributed by atoms with van der Waals surface area (Å²) < 4.78 is 0. The number of aromatic nitrogens is 1. The summed E-state index contributed by atoms with van der Waals surface area (Å²) in [5.74, 6) is 0.556. The number of hydrogen-bond donors (Lipinski definition) is 1. The third-order valence-corrected chi connectivity index (χ3v) is 2.82. The molecule has 16 heavy (non-hydrogen) atoms. The van der Waals surface area contributed by atoms with E-state index in [0.717, 1.165) is 30.2 Å². The van der Waals surface area contributed by atoms with Crippen LogP contribution in [0, 0.1) is 0 Å². The van der Waals surface area contributed by atoms with Crippen molar-refractivity contribution in [1.82, 2.24) is 4.98 Å². The second-order valence-electron chi connectivity index (χ2n) is 3.71. The number of anilines is 1. The van der Waals surface area contributed by atoms with E-state index in [1.165, 1.54) is 0 Å². The van der Waals surface area contributed by atoms with Gasteiger partial charge in [0.15, 0.2) is 5.78 Å². The molecule has 0 amide bonds. The zero-order valence-electron chi connectivity index (χ0n) is 9.50. The van der Waals surface area contributed by atoms with Crippen LogP contribution in [0.4, 0.5) is 5.82 Å². The van der Waals surface area contributed by atoms with E-state index >= 15 is 0 Å². The number of alkyl halides is 1. The molecule has 1 heterocycles. The van der Waals surface area contributed by atoms with Gasteiger partial charge in [0.2, 0.25) is 0 Å². The van der Waals surface area contributed by atoms with Gasteiger partial charge in [-0.1, -0.05) is 35.3 Å². The van der Waals surface area contributed by atoms with E-state index in [4.69, 9.17) is 5.73 Å². The number of unbranched alkanes of at least 4 members (excludes halogenated alkanes) is 1. The van der Waals surface area contributed by atoms with Crippen LogP contribution in [0.25, 0.3) is 0 Å². The monoisotopic (exact) mass is 284 g/mol. The molecule has 0 atom stereocenters. The van der Waals surface area contributed by atoms with Gasteiger partial charge in [-0.05, 0) is 24.5 Å². The van der Waals surface area contributed by atoms with Crippen molar-refractivity contribution in [3.05, 3.63) is 23.4 Å². The van der Waals surface area contributed by atoms with Gasteiger partial charge in [0.25, 0.3) is 0 Å². The number of nitrogen functional groups attached to an aromatic ring is 1. The van der Waals surface area contributed by atoms with E-state index in [0.29, 0.717) is 17.9 Å². The summed E-state index contributed by atoms with van der Waals surface area (Å²) in [6, 6.07) is 3.66. The van der Waals surface area contributed by atoms with Crippen molar-refractivity contribution in [1.29, 1.82) is 0 Å². The molecule has 2 N–H and O–H groups in total. The first kappa shape index (κ1) is 13.2. The Kier molecular flexibility index (Phi) is 5.46. The molecule has 0 aliphatic rings. The van der Waals surface area contributed by atoms with E-state index in [2.05, 4.69) is 27.8 Å². The average Bonchev–Trinajstić information content (AvgIpc) is 2.29. The quantitative estimate of drug-likeness (QED) is 0.645. The molecule has 1 rings (SSSR count). The molecule has 0 bridgehead atoms. The van der Waals surface area contributed by atoms with E-state index in [1.54, 1.807) is 6.07 Å². The van der Waals surface area contributed by atoms with Gasteiger partial charge in [0.05, 0.1) is 0 Å². The van der Waals surface area contributed by atoms with Gasteiger partial charge < -0.3 is 5.73 Å². The lowest BCUT2D eigenvalue weighted by atomic mass is 10.1. The van der Waals surface area contributed by atoms with Crippen LogP contribution in [-0.2, 0) is 6.42 Å². The van der Waals surface area contributed by atoms with Gasteiger partial charge in [0.1, 0.15) is 11.5 Å². The second-order valence-corrected chi connectivity index (χ2v) is 4.50. The molecule has 0 radical (unpaired) electrons. The maximum Gasteiger partial charge on any atom is 0.181 e. The average molecular weight is 285 g/mol. The van der Waals surface area contributed by atoms with Crippen LogP contribution in [0.5, 0.6) is 0 Å². The van der Waals surface area contributed by atoms with Gasteiger partial charge in [-0.15, -0.1) is 0 Å². The summed E-state index contributed by atoms with van der Waals surface area (Å²) >= 11 is 3.35. The Morgan fingerprint density at radius 1 is 1.50 bits per heavy atom. The van der Waals surface area contributed by atoms with Crippen molar-refractivity contribution in [2.45, 2.75) is 32.6 Å². The summed E-state index contributed by atoms with van der Waals surface area (Å²) in [5.41, 5.74) is 7.27. The number of aryl methyl sites for hydroxylation is 1. The Hall–Kier alpha value is -0.900. The minimum absolute atomic E-state index is 0.0824. The molecule has 0 saturated carbocycles. The van der Waals surface area contributed by atoms with Crippen LogP contribution in [0.15, 0.2) is 12.1 Å². The second kappa shape index (κ2) is 6.63. The topological polar surface area (TPSA) is 56.0 Å².